The number of nitrogens with zero attached hydrogens (tertiary/aromatic N) is 1. The fourth-order valence-electron chi connectivity index (χ4n) is 2.74. The summed E-state index contributed by atoms with van der Waals surface area (Å²) in [5, 5.41) is 3.56. The number of carbonyl (C=O) groups excluding carboxylic acids is 1. The number of fused-ring (bicyclic) bond motifs is 2. The fraction of sp³-hybridized carbons (Fsp3) is 0.105. The number of rotatable bonds is 3. The van der Waals surface area contributed by atoms with E-state index in [0.717, 1.165) is 22.2 Å². The van der Waals surface area contributed by atoms with Crippen LogP contribution in [0.2, 0.25) is 0 Å². The molecule has 124 valence electrons. The zero-order valence-corrected chi connectivity index (χ0v) is 14.2. The zero-order chi connectivity index (χ0) is 17.4. The predicted molar refractivity (Wildman–Crippen MR) is 99.4 cm³/mol. The standard InChI is InChI=1S/C19H14N2O3S/c1-2-11-6-5-9-15-16(11)20-19(25-15)21-18(23)13-10-24-14-8-4-3-7-12(14)17(13)22/h3-10H,2H2,1H3,(H,20,21,23). The number of nitrogens with one attached hydrogen (secondary N) is 1. The van der Waals surface area contributed by atoms with Gasteiger partial charge in [-0.15, -0.1) is 0 Å². The van der Waals surface area contributed by atoms with E-state index in [4.69, 9.17) is 4.42 Å². The lowest BCUT2D eigenvalue weighted by Gasteiger charge is -2.02. The summed E-state index contributed by atoms with van der Waals surface area (Å²) in [6.45, 7) is 2.06. The summed E-state index contributed by atoms with van der Waals surface area (Å²) in [6.07, 6.45) is 2.06. The number of amides is 1. The Morgan fingerprint density at radius 2 is 2.04 bits per heavy atom. The molecule has 0 aliphatic carbocycles. The van der Waals surface area contributed by atoms with Crippen LogP contribution in [0.25, 0.3) is 21.2 Å². The van der Waals surface area contributed by atoms with Crippen LogP contribution in [0, 0.1) is 0 Å². The summed E-state index contributed by atoms with van der Waals surface area (Å²) in [4.78, 5) is 29.5. The lowest BCUT2D eigenvalue weighted by Crippen LogP contribution is -2.21. The Kier molecular flexibility index (Phi) is 3.82. The van der Waals surface area contributed by atoms with Crippen molar-refractivity contribution >= 4 is 43.6 Å². The smallest absolute Gasteiger partial charge is 0.264 e. The number of hydrogen-bond acceptors (Lipinski definition) is 5. The van der Waals surface area contributed by atoms with Crippen molar-refractivity contribution in [3.63, 3.8) is 0 Å². The van der Waals surface area contributed by atoms with Gasteiger partial charge < -0.3 is 4.42 Å². The summed E-state index contributed by atoms with van der Waals surface area (Å²) < 4.78 is 6.40. The summed E-state index contributed by atoms with van der Waals surface area (Å²) in [5.74, 6) is -0.517. The van der Waals surface area contributed by atoms with E-state index in [1.807, 2.05) is 18.2 Å². The van der Waals surface area contributed by atoms with E-state index >= 15 is 0 Å². The van der Waals surface area contributed by atoms with Crippen molar-refractivity contribution < 1.29 is 9.21 Å². The monoisotopic (exact) mass is 350 g/mol. The molecule has 0 saturated heterocycles. The highest BCUT2D eigenvalue weighted by molar-refractivity contribution is 7.22. The molecule has 2 heterocycles. The maximum absolute atomic E-state index is 12.5. The van der Waals surface area contributed by atoms with Gasteiger partial charge in [0.15, 0.2) is 5.13 Å². The number of hydrogen-bond donors (Lipinski definition) is 1. The van der Waals surface area contributed by atoms with Gasteiger partial charge >= 0.3 is 0 Å². The molecule has 0 fully saturated rings. The highest BCUT2D eigenvalue weighted by atomic mass is 32.1. The molecule has 6 heteroatoms. The molecular formula is C19H14N2O3S. The maximum Gasteiger partial charge on any atom is 0.264 e. The van der Waals surface area contributed by atoms with Gasteiger partial charge in [0.25, 0.3) is 5.91 Å². The third kappa shape index (κ3) is 2.70. The van der Waals surface area contributed by atoms with Gasteiger partial charge in [-0.3, -0.25) is 14.9 Å². The molecule has 1 amide bonds. The molecule has 4 rings (SSSR count). The first-order chi connectivity index (χ1) is 12.2. The Labute approximate surface area is 146 Å². The van der Waals surface area contributed by atoms with Crippen LogP contribution < -0.4 is 10.7 Å². The number of carbonyl (C=O) groups is 1. The molecule has 0 saturated carbocycles. The molecule has 0 bridgehead atoms. The molecule has 5 nitrogen and oxygen atoms in total. The van der Waals surface area contributed by atoms with E-state index in [0.29, 0.717) is 16.1 Å². The Morgan fingerprint density at radius 3 is 2.88 bits per heavy atom. The second-order valence-electron chi connectivity index (χ2n) is 5.57. The lowest BCUT2D eigenvalue weighted by atomic mass is 10.1. The van der Waals surface area contributed by atoms with Crippen LogP contribution in [0.1, 0.15) is 22.8 Å². The quantitative estimate of drug-likeness (QED) is 0.600. The van der Waals surface area contributed by atoms with Crippen LogP contribution in [-0.4, -0.2) is 10.9 Å². The lowest BCUT2D eigenvalue weighted by molar-refractivity contribution is 0.102. The molecule has 0 aliphatic heterocycles. The van der Waals surface area contributed by atoms with Gasteiger partial charge in [-0.2, -0.15) is 0 Å². The van der Waals surface area contributed by atoms with Crippen molar-refractivity contribution in [1.29, 1.82) is 0 Å². The number of thiazole rings is 1. The molecule has 2 aromatic carbocycles. The van der Waals surface area contributed by atoms with Crippen molar-refractivity contribution in [1.82, 2.24) is 4.98 Å². The third-order valence-corrected chi connectivity index (χ3v) is 4.96. The average molecular weight is 350 g/mol. The van der Waals surface area contributed by atoms with Crippen molar-refractivity contribution in [2.45, 2.75) is 13.3 Å². The van der Waals surface area contributed by atoms with Gasteiger partial charge in [0.1, 0.15) is 17.4 Å². The molecule has 0 atom stereocenters. The Morgan fingerprint density at radius 1 is 1.20 bits per heavy atom. The molecule has 0 spiro atoms. The minimum Gasteiger partial charge on any atom is -0.463 e. The van der Waals surface area contributed by atoms with Crippen LogP contribution >= 0.6 is 11.3 Å². The summed E-state index contributed by atoms with van der Waals surface area (Å²) in [6, 6.07) is 12.8. The van der Waals surface area contributed by atoms with Crippen LogP contribution in [0.15, 0.2) is 57.9 Å². The van der Waals surface area contributed by atoms with Gasteiger partial charge in [0.2, 0.25) is 5.43 Å². The minimum absolute atomic E-state index is 0.0336. The summed E-state index contributed by atoms with van der Waals surface area (Å²) in [7, 11) is 0. The second-order valence-corrected chi connectivity index (χ2v) is 6.60. The van der Waals surface area contributed by atoms with Crippen LogP contribution in [-0.2, 0) is 6.42 Å². The van der Waals surface area contributed by atoms with Gasteiger partial charge in [-0.25, -0.2) is 4.98 Å². The van der Waals surface area contributed by atoms with Gasteiger partial charge in [-0.05, 0) is 30.2 Å². The number of aromatic nitrogens is 1. The van der Waals surface area contributed by atoms with Crippen LogP contribution in [0.4, 0.5) is 5.13 Å². The van der Waals surface area contributed by atoms with E-state index in [1.165, 1.54) is 17.6 Å². The number of aryl methyl sites for hydroxylation is 1. The second kappa shape index (κ2) is 6.14. The molecule has 0 radical (unpaired) electrons. The van der Waals surface area contributed by atoms with Gasteiger partial charge in [0, 0.05) is 0 Å². The summed E-state index contributed by atoms with van der Waals surface area (Å²) in [5.41, 5.74) is 2.08. The normalized spacial score (nSPS) is 11.1. The van der Waals surface area contributed by atoms with Crippen molar-refractivity contribution in [2.75, 3.05) is 5.32 Å². The third-order valence-electron chi connectivity index (χ3n) is 4.03. The molecule has 1 N–H and O–H groups in total. The topological polar surface area (TPSA) is 72.2 Å². The fourth-order valence-corrected chi connectivity index (χ4v) is 3.65. The van der Waals surface area contributed by atoms with Crippen molar-refractivity contribution in [2.24, 2.45) is 0 Å². The highest BCUT2D eigenvalue weighted by Crippen LogP contribution is 2.28. The number of anilines is 1. The van der Waals surface area contributed by atoms with E-state index in [-0.39, 0.29) is 11.0 Å². The SMILES string of the molecule is CCc1cccc2sc(NC(=O)c3coc4ccccc4c3=O)nc12. The first-order valence-electron chi connectivity index (χ1n) is 7.87. The predicted octanol–water partition coefficient (Wildman–Crippen LogP) is 4.22. The van der Waals surface area contributed by atoms with Crippen LogP contribution in [0.3, 0.4) is 0 Å². The molecule has 0 unspecified atom stereocenters. The Bertz CT molecular complexity index is 1160. The van der Waals surface area contributed by atoms with E-state index in [2.05, 4.69) is 17.2 Å². The Balaban J connectivity index is 1.71. The first kappa shape index (κ1) is 15.5. The molecule has 2 aromatic heterocycles. The molecule has 0 aliphatic rings. The van der Waals surface area contributed by atoms with Crippen molar-refractivity contribution in [3.05, 3.63) is 70.1 Å². The zero-order valence-electron chi connectivity index (χ0n) is 13.4. The maximum atomic E-state index is 12.5. The molecule has 25 heavy (non-hydrogen) atoms. The van der Waals surface area contributed by atoms with Crippen molar-refractivity contribution in [3.8, 4) is 0 Å². The van der Waals surface area contributed by atoms with E-state index < -0.39 is 5.91 Å². The molecule has 4 aromatic rings. The molecular weight excluding hydrogens is 336 g/mol. The number of para-hydroxylation sites is 2. The highest BCUT2D eigenvalue weighted by Gasteiger charge is 2.16. The number of benzene rings is 2. The van der Waals surface area contributed by atoms with Gasteiger partial charge in [0.05, 0.1) is 15.6 Å². The Hall–Kier alpha value is -2.99. The first-order valence-corrected chi connectivity index (χ1v) is 8.69. The van der Waals surface area contributed by atoms with E-state index in [1.54, 1.807) is 24.3 Å². The summed E-state index contributed by atoms with van der Waals surface area (Å²) >= 11 is 1.38. The van der Waals surface area contributed by atoms with E-state index in [9.17, 15) is 9.59 Å². The average Bonchev–Trinajstić information content (AvgIpc) is 3.04. The van der Waals surface area contributed by atoms with Crippen LogP contribution in [0.5, 0.6) is 0 Å². The van der Waals surface area contributed by atoms with Gasteiger partial charge in [-0.1, -0.05) is 42.5 Å². The minimum atomic E-state index is -0.517. The largest absolute Gasteiger partial charge is 0.463 e.